The lowest BCUT2D eigenvalue weighted by Crippen LogP contribution is -2.46. The van der Waals surface area contributed by atoms with Gasteiger partial charge in [0.2, 0.25) is 0 Å². The molecule has 7 heteroatoms. The Kier molecular flexibility index (Phi) is 8.47. The van der Waals surface area contributed by atoms with Gasteiger partial charge in [-0.15, -0.1) is 0 Å². The third-order valence-electron chi connectivity index (χ3n) is 6.71. The second kappa shape index (κ2) is 10.3. The Balaban J connectivity index is 2.36. The third-order valence-corrected chi connectivity index (χ3v) is 6.71. The SMILES string of the molecule is C=C(C(=O)OCC)[C@H]1CC[C@](C)(O)[C@H]2CC[C@](C)(O2)[C@H](OC(C)=O)C/C=C(\C)[C@@H](O)C1. The minimum Gasteiger partial charge on any atom is -0.463 e. The van der Waals surface area contributed by atoms with Crippen LogP contribution in [-0.2, 0) is 23.8 Å². The van der Waals surface area contributed by atoms with Crippen molar-refractivity contribution in [3.8, 4) is 0 Å². The van der Waals surface area contributed by atoms with Crippen LogP contribution in [0, 0.1) is 5.92 Å². The van der Waals surface area contributed by atoms with Crippen molar-refractivity contribution in [2.24, 2.45) is 5.92 Å². The smallest absolute Gasteiger partial charge is 0.333 e. The Morgan fingerprint density at radius 3 is 2.58 bits per heavy atom. The second-order valence-corrected chi connectivity index (χ2v) is 9.33. The lowest BCUT2D eigenvalue weighted by molar-refractivity contribution is -0.182. The van der Waals surface area contributed by atoms with E-state index in [9.17, 15) is 19.8 Å². The Morgan fingerprint density at radius 2 is 1.97 bits per heavy atom. The molecule has 0 aromatic heterocycles. The summed E-state index contributed by atoms with van der Waals surface area (Å²) in [5.41, 5.74) is -0.852. The van der Waals surface area contributed by atoms with Crippen molar-refractivity contribution in [3.05, 3.63) is 23.8 Å². The highest BCUT2D eigenvalue weighted by Gasteiger charge is 2.49. The van der Waals surface area contributed by atoms with Crippen LogP contribution >= 0.6 is 0 Å². The molecule has 6 atom stereocenters. The molecule has 176 valence electrons. The Bertz CT molecular complexity index is 711. The molecule has 7 nitrogen and oxygen atoms in total. The highest BCUT2D eigenvalue weighted by molar-refractivity contribution is 5.88. The molecule has 0 unspecified atom stereocenters. The first-order valence-corrected chi connectivity index (χ1v) is 11.2. The van der Waals surface area contributed by atoms with Gasteiger partial charge in [0.15, 0.2) is 0 Å². The van der Waals surface area contributed by atoms with Gasteiger partial charge in [-0.2, -0.15) is 0 Å². The van der Waals surface area contributed by atoms with Crippen LogP contribution in [0.2, 0.25) is 0 Å². The van der Waals surface area contributed by atoms with Gasteiger partial charge in [0.05, 0.1) is 24.4 Å². The maximum atomic E-state index is 12.3. The quantitative estimate of drug-likeness (QED) is 0.395. The molecule has 2 aliphatic heterocycles. The van der Waals surface area contributed by atoms with Crippen LogP contribution in [0.5, 0.6) is 0 Å². The molecule has 1 fully saturated rings. The molecule has 2 bridgehead atoms. The van der Waals surface area contributed by atoms with Crippen LogP contribution in [0.3, 0.4) is 0 Å². The van der Waals surface area contributed by atoms with Crippen molar-refractivity contribution in [2.45, 2.75) is 103 Å². The minimum absolute atomic E-state index is 0.246. The molecular weight excluding hydrogens is 400 g/mol. The number of aliphatic hydroxyl groups is 2. The largest absolute Gasteiger partial charge is 0.463 e. The molecule has 2 rings (SSSR count). The number of hydrogen-bond donors (Lipinski definition) is 2. The number of carbonyl (C=O) groups is 2. The standard InChI is InChI=1S/C24H38O7/c1-7-29-22(27)16(3)18-10-12-23(5,28)20-11-13-24(6,31-20)21(30-17(4)25)9-8-15(2)19(26)14-18/h8,18-21,26,28H,3,7,9-14H2,1-2,4-6H3/b15-8+/t18-,19-,20+,21+,23-,24-/m0/s1. The average molecular weight is 439 g/mol. The number of hydrogen-bond acceptors (Lipinski definition) is 7. The van der Waals surface area contributed by atoms with Crippen LogP contribution in [0.4, 0.5) is 0 Å². The lowest BCUT2D eigenvalue weighted by Gasteiger charge is -2.36. The highest BCUT2D eigenvalue weighted by Crippen LogP contribution is 2.42. The predicted octanol–water partition coefficient (Wildman–Crippen LogP) is 3.22. The molecule has 0 aliphatic carbocycles. The topological polar surface area (TPSA) is 102 Å². The molecule has 2 N–H and O–H groups in total. The number of rotatable bonds is 4. The lowest BCUT2D eigenvalue weighted by atomic mass is 9.81. The van der Waals surface area contributed by atoms with Gasteiger partial charge in [-0.25, -0.2) is 4.79 Å². The maximum Gasteiger partial charge on any atom is 0.333 e. The third kappa shape index (κ3) is 6.40. The monoisotopic (exact) mass is 438 g/mol. The van der Waals surface area contributed by atoms with Gasteiger partial charge < -0.3 is 24.4 Å². The Morgan fingerprint density at radius 1 is 1.29 bits per heavy atom. The predicted molar refractivity (Wildman–Crippen MR) is 116 cm³/mol. The molecule has 0 radical (unpaired) electrons. The van der Waals surface area contributed by atoms with Crippen LogP contribution in [0.15, 0.2) is 23.8 Å². The number of aliphatic hydroxyl groups excluding tert-OH is 1. The Hall–Kier alpha value is -1.70. The fourth-order valence-electron chi connectivity index (χ4n) is 4.49. The van der Waals surface area contributed by atoms with Gasteiger partial charge in [-0.3, -0.25) is 4.79 Å². The van der Waals surface area contributed by atoms with Crippen molar-refractivity contribution in [2.75, 3.05) is 6.61 Å². The second-order valence-electron chi connectivity index (χ2n) is 9.33. The zero-order valence-electron chi connectivity index (χ0n) is 19.5. The van der Waals surface area contributed by atoms with E-state index in [2.05, 4.69) is 6.58 Å². The zero-order chi connectivity index (χ0) is 23.4. The van der Waals surface area contributed by atoms with Crippen LogP contribution < -0.4 is 0 Å². The molecule has 0 amide bonds. The molecular formula is C24H38O7. The normalized spacial score (nSPS) is 38.6. The van der Waals surface area contributed by atoms with E-state index < -0.39 is 41.5 Å². The van der Waals surface area contributed by atoms with E-state index in [1.165, 1.54) is 6.92 Å². The Labute approximate surface area is 185 Å². The summed E-state index contributed by atoms with van der Waals surface area (Å²) in [6, 6.07) is 0. The van der Waals surface area contributed by atoms with E-state index in [1.54, 1.807) is 13.8 Å². The van der Waals surface area contributed by atoms with Gasteiger partial charge in [0.25, 0.3) is 0 Å². The van der Waals surface area contributed by atoms with Crippen molar-refractivity contribution in [3.63, 3.8) is 0 Å². The highest BCUT2D eigenvalue weighted by atomic mass is 16.6. The maximum absolute atomic E-state index is 12.3. The molecule has 0 aromatic rings. The van der Waals surface area contributed by atoms with Crippen molar-refractivity contribution in [1.82, 2.24) is 0 Å². The molecule has 31 heavy (non-hydrogen) atoms. The first kappa shape index (κ1) is 25.6. The van der Waals surface area contributed by atoms with Crippen molar-refractivity contribution >= 4 is 11.9 Å². The van der Waals surface area contributed by atoms with E-state index in [0.717, 1.165) is 5.57 Å². The molecule has 0 spiro atoms. The first-order chi connectivity index (χ1) is 14.4. The average Bonchev–Trinajstić information content (AvgIpc) is 3.11. The number of fused-ring (bicyclic) bond motifs is 2. The summed E-state index contributed by atoms with van der Waals surface area (Å²) in [6.45, 7) is 12.7. The molecule has 1 saturated heterocycles. The minimum atomic E-state index is -1.15. The van der Waals surface area contributed by atoms with Gasteiger partial charge in [-0.05, 0) is 71.3 Å². The fraction of sp³-hybridized carbons (Fsp3) is 0.750. The number of carbonyl (C=O) groups excluding carboxylic acids is 2. The van der Waals surface area contributed by atoms with E-state index in [4.69, 9.17) is 14.2 Å². The summed E-state index contributed by atoms with van der Waals surface area (Å²) in [4.78, 5) is 24.0. The first-order valence-electron chi connectivity index (χ1n) is 11.2. The van der Waals surface area contributed by atoms with Crippen molar-refractivity contribution in [1.29, 1.82) is 0 Å². The molecule has 2 aliphatic rings. The van der Waals surface area contributed by atoms with Gasteiger partial charge in [-0.1, -0.05) is 12.7 Å². The van der Waals surface area contributed by atoms with Crippen LogP contribution in [-0.4, -0.2) is 58.3 Å². The summed E-state index contributed by atoms with van der Waals surface area (Å²) >= 11 is 0. The summed E-state index contributed by atoms with van der Waals surface area (Å²) in [5, 5.41) is 22.0. The molecule has 2 heterocycles. The number of ether oxygens (including phenoxy) is 3. The number of esters is 2. The van der Waals surface area contributed by atoms with Crippen molar-refractivity contribution < 1.29 is 34.0 Å². The van der Waals surface area contributed by atoms with Gasteiger partial charge in [0.1, 0.15) is 11.7 Å². The van der Waals surface area contributed by atoms with Crippen LogP contribution in [0.1, 0.15) is 73.1 Å². The molecule has 0 aromatic carbocycles. The summed E-state index contributed by atoms with van der Waals surface area (Å²) in [6.07, 6.45) is 2.88. The summed E-state index contributed by atoms with van der Waals surface area (Å²) in [5.74, 6) is -1.22. The van der Waals surface area contributed by atoms with Crippen LogP contribution in [0.25, 0.3) is 0 Å². The fourth-order valence-corrected chi connectivity index (χ4v) is 4.49. The van der Waals surface area contributed by atoms with Gasteiger partial charge >= 0.3 is 11.9 Å². The van der Waals surface area contributed by atoms with E-state index >= 15 is 0 Å². The van der Waals surface area contributed by atoms with E-state index in [0.29, 0.717) is 37.7 Å². The van der Waals surface area contributed by atoms with E-state index in [1.807, 2.05) is 19.9 Å². The summed E-state index contributed by atoms with van der Waals surface area (Å²) < 4.78 is 17.0. The summed E-state index contributed by atoms with van der Waals surface area (Å²) in [7, 11) is 0. The molecule has 0 saturated carbocycles. The zero-order valence-corrected chi connectivity index (χ0v) is 19.5. The van der Waals surface area contributed by atoms with E-state index in [-0.39, 0.29) is 18.9 Å². The van der Waals surface area contributed by atoms with Gasteiger partial charge in [0, 0.05) is 18.9 Å².